The maximum atomic E-state index is 11.6. The number of carbonyl (C=O) groups is 1. The van der Waals surface area contributed by atoms with Gasteiger partial charge in [0.2, 0.25) is 0 Å². The molecule has 0 spiro atoms. The molecule has 0 aliphatic carbocycles. The number of hydrogen-bond acceptors (Lipinski definition) is 4. The first kappa shape index (κ1) is 13.9. The number of halogens is 1. The van der Waals surface area contributed by atoms with Gasteiger partial charge in [-0.3, -0.25) is 9.78 Å². The zero-order valence-corrected chi connectivity index (χ0v) is 12.4. The summed E-state index contributed by atoms with van der Waals surface area (Å²) in [7, 11) is 0. The lowest BCUT2D eigenvalue weighted by atomic mass is 10.2. The third kappa shape index (κ3) is 3.51. The van der Waals surface area contributed by atoms with Gasteiger partial charge in [0, 0.05) is 17.4 Å². The van der Waals surface area contributed by atoms with Crippen LogP contribution in [-0.2, 0) is 0 Å². The van der Waals surface area contributed by atoms with E-state index in [0.717, 1.165) is 22.2 Å². The van der Waals surface area contributed by atoms with Gasteiger partial charge >= 0.3 is 0 Å². The fourth-order valence-electron chi connectivity index (χ4n) is 1.80. The van der Waals surface area contributed by atoms with Crippen molar-refractivity contribution >= 4 is 46.2 Å². The first-order chi connectivity index (χ1) is 10.2. The molecule has 21 heavy (non-hydrogen) atoms. The van der Waals surface area contributed by atoms with Crippen LogP contribution in [0.5, 0.6) is 0 Å². The van der Waals surface area contributed by atoms with Crippen LogP contribution in [0.15, 0.2) is 58.7 Å². The van der Waals surface area contributed by atoms with Crippen LogP contribution in [0.4, 0.5) is 10.5 Å². The highest BCUT2D eigenvalue weighted by atomic mass is 35.5. The molecule has 0 bridgehead atoms. The number of hydrogen-bond donors (Lipinski definition) is 1. The van der Waals surface area contributed by atoms with Crippen LogP contribution in [-0.4, -0.2) is 16.1 Å². The largest absolute Gasteiger partial charge is 0.300 e. The highest BCUT2D eigenvalue weighted by Crippen LogP contribution is 2.28. The molecule has 1 amide bonds. The van der Waals surface area contributed by atoms with Crippen LogP contribution in [0.25, 0.3) is 6.08 Å². The van der Waals surface area contributed by atoms with Crippen molar-refractivity contribution in [3.05, 3.63) is 64.3 Å². The molecule has 1 saturated heterocycles. The molecule has 1 N–H and O–H groups in total. The van der Waals surface area contributed by atoms with Crippen LogP contribution < -0.4 is 5.32 Å². The number of benzene rings is 1. The van der Waals surface area contributed by atoms with Crippen molar-refractivity contribution in [2.45, 2.75) is 0 Å². The van der Waals surface area contributed by atoms with Gasteiger partial charge in [0.05, 0.1) is 10.6 Å². The Morgan fingerprint density at radius 3 is 2.95 bits per heavy atom. The predicted octanol–water partition coefficient (Wildman–Crippen LogP) is 4.26. The van der Waals surface area contributed by atoms with Crippen molar-refractivity contribution in [2.75, 3.05) is 0 Å². The second-order valence-corrected chi connectivity index (χ2v) is 5.70. The number of nitrogens with zero attached hydrogens (tertiary/aromatic N) is 2. The number of nitrogens with one attached hydrogen (secondary N) is 1. The van der Waals surface area contributed by atoms with Gasteiger partial charge in [0.25, 0.3) is 5.24 Å². The third-order valence-corrected chi connectivity index (χ3v) is 3.74. The molecule has 1 aliphatic rings. The average Bonchev–Trinajstić information content (AvgIpc) is 2.80. The normalized spacial score (nSPS) is 18.2. The average molecular weight is 316 g/mol. The molecule has 1 aromatic heterocycles. The summed E-state index contributed by atoms with van der Waals surface area (Å²) in [6.45, 7) is 0. The standard InChI is InChI=1S/C15H10ClN3OS/c16-11-4-1-5-12(8-11)18-14-13(21-15(20)19-14)7-10-3-2-6-17-9-10/h1-9H,(H,18,19,20)/b13-7-. The van der Waals surface area contributed by atoms with Crippen LogP contribution in [0.2, 0.25) is 5.02 Å². The van der Waals surface area contributed by atoms with Crippen LogP contribution in [0.3, 0.4) is 0 Å². The molecule has 0 atom stereocenters. The first-order valence-corrected chi connectivity index (χ1v) is 7.35. The number of pyridine rings is 1. The predicted molar refractivity (Wildman–Crippen MR) is 86.9 cm³/mol. The summed E-state index contributed by atoms with van der Waals surface area (Å²) in [5, 5.41) is 3.19. The third-order valence-electron chi connectivity index (χ3n) is 2.69. The number of amides is 1. The SMILES string of the molecule is O=C1NC(=Nc2cccc(Cl)c2)/C(=C/c2cccnc2)S1. The van der Waals surface area contributed by atoms with Crippen molar-refractivity contribution in [2.24, 2.45) is 4.99 Å². The van der Waals surface area contributed by atoms with Crippen molar-refractivity contribution in [1.29, 1.82) is 0 Å². The summed E-state index contributed by atoms with van der Waals surface area (Å²) < 4.78 is 0. The molecule has 0 saturated carbocycles. The molecule has 3 rings (SSSR count). The first-order valence-electron chi connectivity index (χ1n) is 6.16. The lowest BCUT2D eigenvalue weighted by Gasteiger charge is -2.00. The Kier molecular flexibility index (Phi) is 4.03. The van der Waals surface area contributed by atoms with E-state index in [9.17, 15) is 4.79 Å². The summed E-state index contributed by atoms with van der Waals surface area (Å²) in [4.78, 5) is 20.8. The Labute approximate surface area is 131 Å². The molecule has 1 fully saturated rings. The van der Waals surface area contributed by atoms with Gasteiger partial charge in [-0.1, -0.05) is 23.7 Å². The molecule has 1 aliphatic heterocycles. The Balaban J connectivity index is 1.96. The van der Waals surface area contributed by atoms with E-state index in [1.54, 1.807) is 24.5 Å². The fourth-order valence-corrected chi connectivity index (χ4v) is 2.72. The van der Waals surface area contributed by atoms with Crippen molar-refractivity contribution < 1.29 is 4.79 Å². The molecular weight excluding hydrogens is 306 g/mol. The minimum atomic E-state index is -0.147. The molecule has 6 heteroatoms. The van der Waals surface area contributed by atoms with Crippen LogP contribution in [0.1, 0.15) is 5.56 Å². The van der Waals surface area contributed by atoms with Crippen molar-refractivity contribution in [1.82, 2.24) is 10.3 Å². The number of amidine groups is 1. The summed E-state index contributed by atoms with van der Waals surface area (Å²) in [5.41, 5.74) is 1.60. The molecule has 1 aromatic carbocycles. The van der Waals surface area contributed by atoms with Gasteiger partial charge in [0.15, 0.2) is 0 Å². The number of rotatable bonds is 2. The zero-order chi connectivity index (χ0) is 14.7. The van der Waals surface area contributed by atoms with Gasteiger partial charge in [-0.15, -0.1) is 0 Å². The molecule has 2 heterocycles. The topological polar surface area (TPSA) is 54.4 Å². The second-order valence-electron chi connectivity index (χ2n) is 4.25. The molecule has 0 unspecified atom stereocenters. The number of aromatic nitrogens is 1. The molecule has 0 radical (unpaired) electrons. The van der Waals surface area contributed by atoms with Crippen LogP contribution >= 0.6 is 23.4 Å². The van der Waals surface area contributed by atoms with Crippen molar-refractivity contribution in [3.63, 3.8) is 0 Å². The van der Waals surface area contributed by atoms with E-state index in [1.165, 1.54) is 0 Å². The van der Waals surface area contributed by atoms with E-state index < -0.39 is 0 Å². The van der Waals surface area contributed by atoms with E-state index in [-0.39, 0.29) is 5.24 Å². The Morgan fingerprint density at radius 2 is 2.19 bits per heavy atom. The van der Waals surface area contributed by atoms with Gasteiger partial charge in [0.1, 0.15) is 5.84 Å². The monoisotopic (exact) mass is 315 g/mol. The minimum Gasteiger partial charge on any atom is -0.300 e. The second kappa shape index (κ2) is 6.11. The Hall–Kier alpha value is -2.11. The fraction of sp³-hybridized carbons (Fsp3) is 0. The van der Waals surface area contributed by atoms with Gasteiger partial charge in [-0.05, 0) is 47.7 Å². The van der Waals surface area contributed by atoms with Gasteiger partial charge < -0.3 is 5.32 Å². The number of carbonyl (C=O) groups excluding carboxylic acids is 1. The van der Waals surface area contributed by atoms with E-state index >= 15 is 0 Å². The smallest absolute Gasteiger partial charge is 0.289 e. The highest BCUT2D eigenvalue weighted by molar-refractivity contribution is 8.18. The molecule has 4 nitrogen and oxygen atoms in total. The summed E-state index contributed by atoms with van der Waals surface area (Å²) in [5.74, 6) is 0.524. The minimum absolute atomic E-state index is 0.147. The van der Waals surface area contributed by atoms with E-state index in [1.807, 2.05) is 30.3 Å². The van der Waals surface area contributed by atoms with E-state index in [2.05, 4.69) is 15.3 Å². The quantitative estimate of drug-likeness (QED) is 0.900. The highest BCUT2D eigenvalue weighted by Gasteiger charge is 2.23. The van der Waals surface area contributed by atoms with Crippen molar-refractivity contribution in [3.8, 4) is 0 Å². The number of aliphatic imine (C=N–C) groups is 1. The van der Waals surface area contributed by atoms with E-state index in [4.69, 9.17) is 11.6 Å². The Bertz CT molecular complexity index is 744. The lowest BCUT2D eigenvalue weighted by molar-refractivity contribution is 0.265. The summed E-state index contributed by atoms with van der Waals surface area (Å²) in [6, 6.07) is 10.9. The summed E-state index contributed by atoms with van der Waals surface area (Å²) >= 11 is 7.05. The van der Waals surface area contributed by atoms with Crippen LogP contribution in [0, 0.1) is 0 Å². The lowest BCUT2D eigenvalue weighted by Crippen LogP contribution is -2.18. The zero-order valence-electron chi connectivity index (χ0n) is 10.8. The number of thioether (sulfide) groups is 1. The van der Waals surface area contributed by atoms with Gasteiger partial charge in [-0.2, -0.15) is 0 Å². The molecule has 2 aromatic rings. The molecular formula is C15H10ClN3OS. The summed E-state index contributed by atoms with van der Waals surface area (Å²) in [6.07, 6.45) is 5.31. The molecule has 104 valence electrons. The maximum absolute atomic E-state index is 11.6. The van der Waals surface area contributed by atoms with E-state index in [0.29, 0.717) is 16.5 Å². The van der Waals surface area contributed by atoms with Gasteiger partial charge in [-0.25, -0.2) is 4.99 Å². The Morgan fingerprint density at radius 1 is 1.29 bits per heavy atom. The maximum Gasteiger partial charge on any atom is 0.289 e.